The van der Waals surface area contributed by atoms with Gasteiger partial charge in [-0.15, -0.1) is 0 Å². The molecule has 2 heterocycles. The first kappa shape index (κ1) is 19.1. The molecule has 4 rings (SSSR count). The maximum Gasteiger partial charge on any atom is 0.248 e. The van der Waals surface area contributed by atoms with Crippen LogP contribution in [-0.4, -0.2) is 36.0 Å². The number of halogens is 1. The van der Waals surface area contributed by atoms with Crippen molar-refractivity contribution in [1.82, 2.24) is 9.78 Å². The van der Waals surface area contributed by atoms with Gasteiger partial charge in [0.05, 0.1) is 18.5 Å². The van der Waals surface area contributed by atoms with Crippen LogP contribution in [-0.2, 0) is 4.79 Å². The summed E-state index contributed by atoms with van der Waals surface area (Å²) in [6.45, 7) is 0.953. The number of amides is 1. The Morgan fingerprint density at radius 2 is 2.14 bits per heavy atom. The quantitative estimate of drug-likeness (QED) is 0.586. The van der Waals surface area contributed by atoms with E-state index in [-0.39, 0.29) is 5.91 Å². The first-order valence-corrected chi connectivity index (χ1v) is 9.69. The predicted octanol–water partition coefficient (Wildman–Crippen LogP) is 4.07. The van der Waals surface area contributed by atoms with E-state index in [0.717, 1.165) is 15.7 Å². The summed E-state index contributed by atoms with van der Waals surface area (Å²) in [4.78, 5) is 12.5. The molecule has 148 valence electrons. The summed E-state index contributed by atoms with van der Waals surface area (Å²) in [6, 6.07) is 11.0. The molecule has 2 aromatic carbocycles. The van der Waals surface area contributed by atoms with Crippen molar-refractivity contribution in [2.45, 2.75) is 0 Å². The normalized spacial score (nSPS) is 12.8. The first-order valence-electron chi connectivity index (χ1n) is 8.90. The first-order chi connectivity index (χ1) is 14.1. The smallest absolute Gasteiger partial charge is 0.248 e. The summed E-state index contributed by atoms with van der Waals surface area (Å²) in [6.07, 6.45) is 6.65. The number of methoxy groups -OCH3 is 1. The SMILES string of the molecule is COc1cc(C=CC(=O)Nc2cc(Br)ccc2-n2cccn2)cc2c1OCCO2. The lowest BCUT2D eigenvalue weighted by atomic mass is 10.1. The summed E-state index contributed by atoms with van der Waals surface area (Å²) < 4.78 is 19.1. The van der Waals surface area contributed by atoms with Crippen molar-refractivity contribution in [1.29, 1.82) is 0 Å². The number of hydrogen-bond acceptors (Lipinski definition) is 5. The van der Waals surface area contributed by atoms with Crippen molar-refractivity contribution < 1.29 is 19.0 Å². The maximum absolute atomic E-state index is 12.5. The summed E-state index contributed by atoms with van der Waals surface area (Å²) in [5.41, 5.74) is 2.17. The summed E-state index contributed by atoms with van der Waals surface area (Å²) >= 11 is 3.44. The summed E-state index contributed by atoms with van der Waals surface area (Å²) in [5.74, 6) is 1.47. The molecule has 0 fully saturated rings. The molecule has 1 aromatic heterocycles. The summed E-state index contributed by atoms with van der Waals surface area (Å²) in [5, 5.41) is 7.13. The highest BCUT2D eigenvalue weighted by Gasteiger charge is 2.18. The Kier molecular flexibility index (Phi) is 5.53. The zero-order valence-corrected chi connectivity index (χ0v) is 17.2. The average Bonchev–Trinajstić information content (AvgIpc) is 3.26. The van der Waals surface area contributed by atoms with Crippen LogP contribution in [0, 0.1) is 0 Å². The number of carbonyl (C=O) groups excluding carboxylic acids is 1. The van der Waals surface area contributed by atoms with Crippen LogP contribution in [0.2, 0.25) is 0 Å². The molecular formula is C21H18BrN3O4. The zero-order chi connectivity index (χ0) is 20.2. The molecular weight excluding hydrogens is 438 g/mol. The minimum atomic E-state index is -0.273. The van der Waals surface area contributed by atoms with Gasteiger partial charge in [-0.1, -0.05) is 15.9 Å². The zero-order valence-electron chi connectivity index (χ0n) is 15.6. The minimum Gasteiger partial charge on any atom is -0.493 e. The van der Waals surface area contributed by atoms with Gasteiger partial charge in [-0.2, -0.15) is 5.10 Å². The van der Waals surface area contributed by atoms with Gasteiger partial charge in [0.2, 0.25) is 11.7 Å². The molecule has 0 unspecified atom stereocenters. The second-order valence-corrected chi connectivity index (χ2v) is 7.10. The van der Waals surface area contributed by atoms with E-state index < -0.39 is 0 Å². The van der Waals surface area contributed by atoms with Crippen LogP contribution in [0.25, 0.3) is 11.8 Å². The van der Waals surface area contributed by atoms with Crippen molar-refractivity contribution in [3.05, 3.63) is 64.9 Å². The van der Waals surface area contributed by atoms with Crippen LogP contribution >= 0.6 is 15.9 Å². The fraction of sp³-hybridized carbons (Fsp3) is 0.143. The Hall–Kier alpha value is -3.26. The monoisotopic (exact) mass is 455 g/mol. The van der Waals surface area contributed by atoms with Crippen LogP contribution in [0.4, 0.5) is 5.69 Å². The molecule has 7 nitrogen and oxygen atoms in total. The third-order valence-electron chi connectivity index (χ3n) is 4.25. The molecule has 1 N–H and O–H groups in total. The molecule has 1 aliphatic heterocycles. The Bertz CT molecular complexity index is 1050. The standard InChI is InChI=1S/C21H18BrN3O4/c1-27-18-11-14(12-19-21(18)29-10-9-28-19)3-6-20(26)24-16-13-15(22)4-5-17(16)25-8-2-7-23-25/h2-8,11-13H,9-10H2,1H3,(H,24,26). The maximum atomic E-state index is 12.5. The van der Waals surface area contributed by atoms with Crippen molar-refractivity contribution in [2.75, 3.05) is 25.6 Å². The van der Waals surface area contributed by atoms with E-state index in [1.54, 1.807) is 30.1 Å². The molecule has 1 aliphatic rings. The van der Waals surface area contributed by atoms with Gasteiger partial charge in [0.25, 0.3) is 0 Å². The molecule has 0 aliphatic carbocycles. The van der Waals surface area contributed by atoms with Gasteiger partial charge < -0.3 is 19.5 Å². The second-order valence-electron chi connectivity index (χ2n) is 6.18. The van der Waals surface area contributed by atoms with Gasteiger partial charge in [-0.3, -0.25) is 4.79 Å². The van der Waals surface area contributed by atoms with E-state index in [2.05, 4.69) is 26.3 Å². The second kappa shape index (κ2) is 8.40. The third-order valence-corrected chi connectivity index (χ3v) is 4.74. The van der Waals surface area contributed by atoms with E-state index in [0.29, 0.717) is 36.1 Å². The Morgan fingerprint density at radius 3 is 2.93 bits per heavy atom. The highest BCUT2D eigenvalue weighted by atomic mass is 79.9. The van der Waals surface area contributed by atoms with Gasteiger partial charge in [-0.05, 0) is 48.0 Å². The molecule has 0 saturated carbocycles. The highest BCUT2D eigenvalue weighted by Crippen LogP contribution is 2.40. The number of nitrogens with zero attached hydrogens (tertiary/aromatic N) is 2. The van der Waals surface area contributed by atoms with Gasteiger partial charge in [0.15, 0.2) is 11.5 Å². The number of ether oxygens (including phenoxy) is 3. The van der Waals surface area contributed by atoms with Crippen LogP contribution in [0.3, 0.4) is 0 Å². The van der Waals surface area contributed by atoms with Gasteiger partial charge in [-0.25, -0.2) is 4.68 Å². The summed E-state index contributed by atoms with van der Waals surface area (Å²) in [7, 11) is 1.57. The third kappa shape index (κ3) is 4.27. The number of anilines is 1. The van der Waals surface area contributed by atoms with Crippen LogP contribution in [0.15, 0.2) is 59.3 Å². The van der Waals surface area contributed by atoms with Crippen LogP contribution in [0.5, 0.6) is 17.2 Å². The van der Waals surface area contributed by atoms with Crippen LogP contribution in [0.1, 0.15) is 5.56 Å². The van der Waals surface area contributed by atoms with E-state index in [9.17, 15) is 4.79 Å². The average molecular weight is 456 g/mol. The molecule has 0 spiro atoms. The topological polar surface area (TPSA) is 74.6 Å². The number of benzene rings is 2. The molecule has 8 heteroatoms. The van der Waals surface area contributed by atoms with Crippen molar-refractivity contribution in [2.24, 2.45) is 0 Å². The Labute approximate surface area is 176 Å². The largest absolute Gasteiger partial charge is 0.493 e. The lowest BCUT2D eigenvalue weighted by Crippen LogP contribution is -2.16. The Morgan fingerprint density at radius 1 is 1.28 bits per heavy atom. The van der Waals surface area contributed by atoms with Crippen LogP contribution < -0.4 is 19.5 Å². The number of rotatable bonds is 5. The van der Waals surface area contributed by atoms with Gasteiger partial charge in [0, 0.05) is 22.9 Å². The Balaban J connectivity index is 1.55. The molecule has 1 amide bonds. The number of fused-ring (bicyclic) bond motifs is 1. The minimum absolute atomic E-state index is 0.273. The fourth-order valence-corrected chi connectivity index (χ4v) is 3.32. The fourth-order valence-electron chi connectivity index (χ4n) is 2.96. The molecule has 0 radical (unpaired) electrons. The van der Waals surface area contributed by atoms with Crippen molar-refractivity contribution in [3.63, 3.8) is 0 Å². The van der Waals surface area contributed by atoms with Crippen molar-refractivity contribution >= 4 is 33.6 Å². The number of nitrogens with one attached hydrogen (secondary N) is 1. The van der Waals surface area contributed by atoms with Crippen molar-refractivity contribution in [3.8, 4) is 22.9 Å². The van der Waals surface area contributed by atoms with Gasteiger partial charge in [0.1, 0.15) is 13.2 Å². The molecule has 0 saturated heterocycles. The molecule has 0 bridgehead atoms. The van der Waals surface area contributed by atoms with E-state index in [4.69, 9.17) is 14.2 Å². The van der Waals surface area contributed by atoms with E-state index in [1.807, 2.05) is 36.5 Å². The highest BCUT2D eigenvalue weighted by molar-refractivity contribution is 9.10. The molecule has 0 atom stereocenters. The van der Waals surface area contributed by atoms with E-state index in [1.165, 1.54) is 6.08 Å². The number of hydrogen-bond donors (Lipinski definition) is 1. The molecule has 3 aromatic rings. The number of carbonyl (C=O) groups is 1. The van der Waals surface area contributed by atoms with Gasteiger partial charge >= 0.3 is 0 Å². The lowest BCUT2D eigenvalue weighted by molar-refractivity contribution is -0.111. The number of aromatic nitrogens is 2. The molecule has 29 heavy (non-hydrogen) atoms. The van der Waals surface area contributed by atoms with E-state index >= 15 is 0 Å². The lowest BCUT2D eigenvalue weighted by Gasteiger charge is -2.20. The predicted molar refractivity (Wildman–Crippen MR) is 113 cm³/mol.